The van der Waals surface area contributed by atoms with E-state index in [1.807, 2.05) is 65.0 Å². The summed E-state index contributed by atoms with van der Waals surface area (Å²) in [5.74, 6) is -1.05. The number of hydrogen-bond donors (Lipinski definition) is 2. The van der Waals surface area contributed by atoms with Crippen molar-refractivity contribution in [2.24, 2.45) is 5.92 Å². The summed E-state index contributed by atoms with van der Waals surface area (Å²) in [6.45, 7) is 10.5. The molecule has 2 aliphatic rings. The number of β-amino-alcohol motifs (C(OH)–C–C–N with tert-alkyl or cyclic N) is 1. The first kappa shape index (κ1) is 27.3. The first-order chi connectivity index (χ1) is 17.9. The van der Waals surface area contributed by atoms with Crippen LogP contribution in [0.5, 0.6) is 0 Å². The van der Waals surface area contributed by atoms with Gasteiger partial charge in [0.2, 0.25) is 11.8 Å². The van der Waals surface area contributed by atoms with E-state index < -0.39 is 18.2 Å². The Morgan fingerprint density at radius 1 is 1.18 bits per heavy atom. The maximum Gasteiger partial charge on any atom is 0.255 e. The number of nitriles is 1. The van der Waals surface area contributed by atoms with Gasteiger partial charge in [-0.2, -0.15) is 5.26 Å². The van der Waals surface area contributed by atoms with Crippen LogP contribution < -0.4 is 5.32 Å². The molecule has 4 rings (SSSR count). The number of amides is 3. The number of hydrogen-bond acceptors (Lipinski definition) is 5. The van der Waals surface area contributed by atoms with Crippen LogP contribution >= 0.6 is 0 Å². The highest BCUT2D eigenvalue weighted by Crippen LogP contribution is 2.31. The Hall–Kier alpha value is -3.70. The van der Waals surface area contributed by atoms with Crippen molar-refractivity contribution < 1.29 is 19.5 Å². The maximum absolute atomic E-state index is 13.9. The van der Waals surface area contributed by atoms with Crippen LogP contribution in [0.4, 0.5) is 0 Å². The lowest BCUT2D eigenvalue weighted by Gasteiger charge is -2.35. The molecule has 0 radical (unpaired) electrons. The number of nitrogens with zero attached hydrogens (tertiary/aromatic N) is 3. The maximum atomic E-state index is 13.9. The minimum absolute atomic E-state index is 0.0409. The predicted molar refractivity (Wildman–Crippen MR) is 143 cm³/mol. The van der Waals surface area contributed by atoms with Crippen LogP contribution in [-0.2, 0) is 28.1 Å². The summed E-state index contributed by atoms with van der Waals surface area (Å²) in [5.41, 5.74) is 3.65. The molecule has 8 nitrogen and oxygen atoms in total. The van der Waals surface area contributed by atoms with E-state index in [-0.39, 0.29) is 48.6 Å². The van der Waals surface area contributed by atoms with Crippen molar-refractivity contribution in [1.82, 2.24) is 15.1 Å². The smallest absolute Gasteiger partial charge is 0.255 e. The van der Waals surface area contributed by atoms with Crippen molar-refractivity contribution in [3.05, 3.63) is 70.3 Å². The molecule has 3 atom stereocenters. The first-order valence-electron chi connectivity index (χ1n) is 13.1. The van der Waals surface area contributed by atoms with Gasteiger partial charge in [0.05, 0.1) is 17.7 Å². The molecule has 1 saturated heterocycles. The molecule has 1 fully saturated rings. The molecular formula is C30H36N4O4. The highest BCUT2D eigenvalue weighted by Gasteiger charge is 2.45. The van der Waals surface area contributed by atoms with Gasteiger partial charge in [-0.15, -0.1) is 0 Å². The lowest BCUT2D eigenvalue weighted by Crippen LogP contribution is -2.55. The number of benzene rings is 2. The molecule has 0 spiro atoms. The van der Waals surface area contributed by atoms with Gasteiger partial charge in [0.15, 0.2) is 0 Å². The van der Waals surface area contributed by atoms with E-state index >= 15 is 0 Å². The van der Waals surface area contributed by atoms with E-state index in [4.69, 9.17) is 0 Å². The Balaban J connectivity index is 1.53. The fourth-order valence-electron chi connectivity index (χ4n) is 5.55. The average molecular weight is 517 g/mol. The fourth-order valence-corrected chi connectivity index (χ4v) is 5.55. The van der Waals surface area contributed by atoms with Gasteiger partial charge in [0.1, 0.15) is 12.1 Å². The normalized spacial score (nSPS) is 19.9. The molecule has 2 aliphatic heterocycles. The van der Waals surface area contributed by atoms with E-state index in [9.17, 15) is 24.8 Å². The van der Waals surface area contributed by atoms with Gasteiger partial charge in [0, 0.05) is 31.6 Å². The number of likely N-dealkylation sites (tertiary alicyclic amines) is 1. The van der Waals surface area contributed by atoms with Gasteiger partial charge in [-0.3, -0.25) is 14.4 Å². The Kier molecular flexibility index (Phi) is 7.61. The fraction of sp³-hybridized carbons (Fsp3) is 0.467. The van der Waals surface area contributed by atoms with Crippen molar-refractivity contribution in [2.45, 2.75) is 77.7 Å². The van der Waals surface area contributed by atoms with Crippen LogP contribution in [0.3, 0.4) is 0 Å². The second-order valence-corrected chi connectivity index (χ2v) is 11.6. The zero-order chi connectivity index (χ0) is 27.8. The molecule has 2 heterocycles. The molecule has 2 N–H and O–H groups in total. The zero-order valence-corrected chi connectivity index (χ0v) is 22.7. The Morgan fingerprint density at radius 3 is 2.53 bits per heavy atom. The van der Waals surface area contributed by atoms with E-state index in [0.717, 1.165) is 16.7 Å². The number of fused-ring (bicyclic) bond motifs is 1. The topological polar surface area (TPSA) is 114 Å². The monoisotopic (exact) mass is 516 g/mol. The van der Waals surface area contributed by atoms with Crippen LogP contribution in [0.15, 0.2) is 42.5 Å². The number of aliphatic hydroxyl groups excluding tert-OH is 1. The van der Waals surface area contributed by atoms with Crippen molar-refractivity contribution in [3.63, 3.8) is 0 Å². The highest BCUT2D eigenvalue weighted by atomic mass is 16.3. The van der Waals surface area contributed by atoms with Gasteiger partial charge in [-0.25, -0.2) is 0 Å². The van der Waals surface area contributed by atoms with E-state index in [2.05, 4.69) is 11.4 Å². The zero-order valence-electron chi connectivity index (χ0n) is 22.7. The molecule has 2 aromatic carbocycles. The second kappa shape index (κ2) is 10.6. The van der Waals surface area contributed by atoms with Crippen molar-refractivity contribution in [2.75, 3.05) is 6.54 Å². The van der Waals surface area contributed by atoms with Crippen LogP contribution in [0.25, 0.3) is 0 Å². The second-order valence-electron chi connectivity index (χ2n) is 11.6. The Bertz CT molecular complexity index is 1290. The van der Waals surface area contributed by atoms with Gasteiger partial charge in [-0.05, 0) is 46.2 Å². The minimum atomic E-state index is -0.838. The molecular weight excluding hydrogens is 480 g/mol. The summed E-state index contributed by atoms with van der Waals surface area (Å²) in [6.07, 6.45) is -0.690. The lowest BCUT2D eigenvalue weighted by molar-refractivity contribution is -0.143. The third-order valence-electron chi connectivity index (χ3n) is 7.43. The van der Waals surface area contributed by atoms with Crippen LogP contribution in [0.2, 0.25) is 0 Å². The first-order valence-corrected chi connectivity index (χ1v) is 13.1. The average Bonchev–Trinajstić information content (AvgIpc) is 3.42. The Labute approximate surface area is 224 Å². The number of carbonyl (C=O) groups is 3. The molecule has 2 aromatic rings. The van der Waals surface area contributed by atoms with Crippen molar-refractivity contribution in [1.29, 1.82) is 5.26 Å². The Morgan fingerprint density at radius 2 is 1.89 bits per heavy atom. The number of rotatable bonds is 6. The molecule has 0 aliphatic carbocycles. The summed E-state index contributed by atoms with van der Waals surface area (Å²) in [6, 6.07) is 13.3. The van der Waals surface area contributed by atoms with Crippen LogP contribution in [0.1, 0.15) is 73.7 Å². The van der Waals surface area contributed by atoms with E-state index in [1.165, 1.54) is 4.90 Å². The summed E-state index contributed by atoms with van der Waals surface area (Å²) < 4.78 is 0. The predicted octanol–water partition coefficient (Wildman–Crippen LogP) is 3.11. The third-order valence-corrected chi connectivity index (χ3v) is 7.43. The molecule has 8 heteroatoms. The third kappa shape index (κ3) is 5.30. The number of carbonyl (C=O) groups excluding carboxylic acids is 3. The molecule has 0 bridgehead atoms. The van der Waals surface area contributed by atoms with Gasteiger partial charge in [-0.1, -0.05) is 58.9 Å². The molecule has 200 valence electrons. The number of aliphatic hydroxyl groups is 1. The molecule has 3 unspecified atom stereocenters. The van der Waals surface area contributed by atoms with E-state index in [0.29, 0.717) is 17.7 Å². The van der Waals surface area contributed by atoms with Gasteiger partial charge >= 0.3 is 0 Å². The largest absolute Gasteiger partial charge is 0.391 e. The number of nitrogens with one attached hydrogen (secondary N) is 1. The van der Waals surface area contributed by atoms with E-state index in [1.54, 1.807) is 17.0 Å². The summed E-state index contributed by atoms with van der Waals surface area (Å²) in [4.78, 5) is 43.4. The quantitative estimate of drug-likeness (QED) is 0.613. The van der Waals surface area contributed by atoms with Gasteiger partial charge in [0.25, 0.3) is 5.91 Å². The lowest BCUT2D eigenvalue weighted by atomic mass is 9.83. The minimum Gasteiger partial charge on any atom is -0.391 e. The summed E-state index contributed by atoms with van der Waals surface area (Å²) in [5, 5.41) is 22.7. The SMILES string of the molecule is CC(C)C(C(=O)N1CC(O)CC1C(=O)NCc1ccc(C#N)cc1C(C)(C)C)N1Cc2ccccc2C1=O. The summed E-state index contributed by atoms with van der Waals surface area (Å²) in [7, 11) is 0. The molecule has 0 aromatic heterocycles. The van der Waals surface area contributed by atoms with Crippen molar-refractivity contribution >= 4 is 17.7 Å². The molecule has 3 amide bonds. The standard InChI is InChI=1S/C30H36N4O4/c1-18(2)26(34-16-21-8-6-7-9-23(21)28(34)37)29(38)33-17-22(35)13-25(33)27(36)32-15-20-11-10-19(14-31)12-24(20)30(3,4)5/h6-12,18,22,25-26,35H,13,15-17H2,1-5H3,(H,32,36). The van der Waals surface area contributed by atoms with Crippen LogP contribution in [0, 0.1) is 17.2 Å². The summed E-state index contributed by atoms with van der Waals surface area (Å²) >= 11 is 0. The molecule has 0 saturated carbocycles. The van der Waals surface area contributed by atoms with Crippen LogP contribution in [-0.4, -0.2) is 57.4 Å². The van der Waals surface area contributed by atoms with Gasteiger partial charge < -0.3 is 20.2 Å². The van der Waals surface area contributed by atoms with Crippen molar-refractivity contribution in [3.8, 4) is 6.07 Å². The highest BCUT2D eigenvalue weighted by molar-refractivity contribution is 6.01. The molecule has 38 heavy (non-hydrogen) atoms.